The average molecular weight is 1130 g/mol. The summed E-state index contributed by atoms with van der Waals surface area (Å²) in [5, 5.41) is 14.3. The third-order valence-electron chi connectivity index (χ3n) is 12.4. The Kier molecular flexibility index (Phi) is 13.9. The standard InChI is InChI=1S/C41H43Br2Cl3N8O10SSi/c1-38(2,3)66(5,6)64-28-17-39(32(56)51(18-23-14-10-11-15-27(23)54(60)61)34(49-39)48-36(58)62-20-22-12-8-7-9-13-22)29-24(28)19-52(31(55)26-16-25(42)30(43)47-26)41(29)33(57)53(35(50-41)65-4)37(59)63-21-40(44,45)46/h7-16,24,28-29,47H,17-21H2,1-6H3,(H,48,49,58)/t24-,28+,29-,39+,41+/m1/s1. The number of carbonyl (C=O) groups is 5. The molecular weight excluding hydrogens is 1090 g/mol. The molecule has 1 aromatic heterocycles. The molecule has 2 N–H and O–H groups in total. The van der Waals surface area contributed by atoms with Crippen LogP contribution in [0.3, 0.4) is 0 Å². The van der Waals surface area contributed by atoms with Gasteiger partial charge in [0.15, 0.2) is 19.0 Å². The van der Waals surface area contributed by atoms with Crippen molar-refractivity contribution >= 4 is 133 Å². The first-order valence-corrected chi connectivity index (χ1v) is 27.1. The summed E-state index contributed by atoms with van der Waals surface area (Å²) in [5.74, 6) is -5.25. The smallest absolute Gasteiger partial charge is 0.423 e. The molecule has 18 nitrogen and oxygen atoms in total. The number of nitrogens with zero attached hydrogens (tertiary/aromatic N) is 6. The van der Waals surface area contributed by atoms with Crippen LogP contribution in [0.2, 0.25) is 18.1 Å². The number of likely N-dealkylation sites (tertiary alicyclic amines) is 1. The van der Waals surface area contributed by atoms with Crippen molar-refractivity contribution < 1.29 is 42.8 Å². The summed E-state index contributed by atoms with van der Waals surface area (Å²) < 4.78 is 16.8. The van der Waals surface area contributed by atoms with Gasteiger partial charge in [-0.05, 0) is 67.9 Å². The number of nitro benzene ring substituents is 1. The molecule has 3 aromatic rings. The lowest BCUT2D eigenvalue weighted by Gasteiger charge is -2.40. The molecule has 2 spiro atoms. The van der Waals surface area contributed by atoms with E-state index in [4.69, 9.17) is 58.7 Å². The van der Waals surface area contributed by atoms with E-state index in [-0.39, 0.29) is 52.7 Å². The lowest BCUT2D eigenvalue weighted by Crippen LogP contribution is -2.62. The second-order valence-corrected chi connectivity index (χ2v) is 27.2. The Morgan fingerprint density at radius 3 is 2.30 bits per heavy atom. The number of amidine groups is 1. The second kappa shape index (κ2) is 18.5. The molecule has 66 heavy (non-hydrogen) atoms. The highest BCUT2D eigenvalue weighted by Crippen LogP contribution is 2.61. The number of alkyl halides is 3. The number of halogens is 5. The van der Waals surface area contributed by atoms with Gasteiger partial charge in [-0.2, -0.15) is 4.90 Å². The van der Waals surface area contributed by atoms with E-state index in [2.05, 4.69) is 42.2 Å². The van der Waals surface area contributed by atoms with Crippen molar-refractivity contribution in [3.63, 3.8) is 0 Å². The van der Waals surface area contributed by atoms with Crippen molar-refractivity contribution in [1.82, 2.24) is 25.0 Å². The Morgan fingerprint density at radius 1 is 1.03 bits per heavy atom. The fourth-order valence-electron chi connectivity index (χ4n) is 8.54. The average Bonchev–Trinajstić information content (AvgIpc) is 4.01. The quantitative estimate of drug-likeness (QED) is 0.0893. The molecule has 4 heterocycles. The number of nitrogens with one attached hydrogen (secondary N) is 2. The number of ether oxygens (including phenoxy) is 2. The maximum absolute atomic E-state index is 15.8. The van der Waals surface area contributed by atoms with Gasteiger partial charge >= 0.3 is 12.2 Å². The van der Waals surface area contributed by atoms with Gasteiger partial charge in [0.2, 0.25) is 15.4 Å². The Bertz CT molecular complexity index is 2540. The molecule has 352 valence electrons. The first-order chi connectivity index (χ1) is 30.8. The van der Waals surface area contributed by atoms with E-state index in [1.54, 1.807) is 42.7 Å². The number of carbonyl (C=O) groups excluding carboxylic acids is 5. The number of guanidine groups is 1. The number of alkyl carbamates (subject to hydrolysis) is 1. The van der Waals surface area contributed by atoms with Crippen LogP contribution >= 0.6 is 78.4 Å². The number of nitro groups is 1. The third kappa shape index (κ3) is 9.15. The Balaban J connectivity index is 1.44. The molecule has 25 heteroatoms. The number of aromatic nitrogens is 1. The molecule has 4 aliphatic rings. The van der Waals surface area contributed by atoms with Crippen LogP contribution < -0.4 is 5.32 Å². The van der Waals surface area contributed by atoms with E-state index in [1.807, 2.05) is 33.9 Å². The van der Waals surface area contributed by atoms with Gasteiger partial charge in [0, 0.05) is 30.5 Å². The second-order valence-electron chi connectivity index (χ2n) is 17.5. The number of imide groups is 1. The maximum atomic E-state index is 15.8. The Labute approximate surface area is 416 Å². The SMILES string of the molecule is CSC1=N[C@@]2(C(=O)N1C(=O)OCC(Cl)(Cl)Cl)[C@@H]1[C@H](CN2C(=O)c2cc(Br)c(Br)[nH]2)[C@@H](O[Si](C)(C)C(C)(C)C)C[C@]12N=C(NC(=O)OCc1ccccc1)N(Cc1ccccc1[N+](=O)[O-])C2=O. The number of para-hydroxylation sites is 1. The Morgan fingerprint density at radius 2 is 1.70 bits per heavy atom. The molecule has 0 bridgehead atoms. The monoisotopic (exact) mass is 1130 g/mol. The first-order valence-electron chi connectivity index (χ1n) is 20.2. The summed E-state index contributed by atoms with van der Waals surface area (Å²) in [6, 6.07) is 16.1. The molecule has 7 rings (SSSR count). The molecule has 5 atom stereocenters. The minimum atomic E-state index is -2.78. The van der Waals surface area contributed by atoms with Crippen LogP contribution in [0.1, 0.15) is 48.8 Å². The van der Waals surface area contributed by atoms with Crippen molar-refractivity contribution in [3.8, 4) is 0 Å². The molecule has 1 saturated heterocycles. The van der Waals surface area contributed by atoms with Gasteiger partial charge in [-0.1, -0.05) is 116 Å². The molecular formula is C41H43Br2Cl3N8O10SSi. The van der Waals surface area contributed by atoms with Gasteiger partial charge in [0.1, 0.15) is 18.9 Å². The number of amides is 5. The van der Waals surface area contributed by atoms with E-state index >= 15 is 14.4 Å². The van der Waals surface area contributed by atoms with Crippen molar-refractivity contribution in [1.29, 1.82) is 0 Å². The van der Waals surface area contributed by atoms with Crippen LogP contribution in [0.4, 0.5) is 15.3 Å². The highest BCUT2D eigenvalue weighted by molar-refractivity contribution is 9.13. The van der Waals surface area contributed by atoms with Crippen LogP contribution in [0.15, 0.2) is 79.7 Å². The summed E-state index contributed by atoms with van der Waals surface area (Å²) in [5.41, 5.74) is -4.06. The lowest BCUT2D eigenvalue weighted by molar-refractivity contribution is -0.385. The van der Waals surface area contributed by atoms with Gasteiger partial charge in [-0.3, -0.25) is 34.7 Å². The number of fused-ring (bicyclic) bond motifs is 3. The third-order valence-corrected chi connectivity index (χ3v) is 19.7. The van der Waals surface area contributed by atoms with Crippen molar-refractivity contribution in [2.24, 2.45) is 21.8 Å². The minimum Gasteiger partial charge on any atom is -0.444 e. The summed E-state index contributed by atoms with van der Waals surface area (Å²) in [6.45, 7) is 8.48. The van der Waals surface area contributed by atoms with Gasteiger partial charge in [0.25, 0.3) is 23.4 Å². The molecule has 2 fully saturated rings. The van der Waals surface area contributed by atoms with Gasteiger partial charge in [-0.25, -0.2) is 19.6 Å². The van der Waals surface area contributed by atoms with Crippen LogP contribution in [0.25, 0.3) is 0 Å². The normalized spacial score (nSPS) is 24.0. The zero-order chi connectivity index (χ0) is 48.3. The van der Waals surface area contributed by atoms with E-state index in [0.29, 0.717) is 19.5 Å². The summed E-state index contributed by atoms with van der Waals surface area (Å²) in [4.78, 5) is 102. The van der Waals surface area contributed by atoms with Crippen LogP contribution in [0, 0.1) is 22.0 Å². The maximum Gasteiger partial charge on any atom is 0.423 e. The fourth-order valence-corrected chi connectivity index (χ4v) is 11.3. The molecule has 3 aliphatic heterocycles. The van der Waals surface area contributed by atoms with Gasteiger partial charge in [0.05, 0.1) is 32.6 Å². The molecule has 2 aromatic carbocycles. The zero-order valence-corrected chi connectivity index (χ0v) is 43.4. The number of thioether (sulfide) groups is 1. The van der Waals surface area contributed by atoms with E-state index in [0.717, 1.165) is 16.7 Å². The molecule has 0 radical (unpaired) electrons. The van der Waals surface area contributed by atoms with Crippen LogP contribution in [-0.2, 0) is 36.6 Å². The first kappa shape index (κ1) is 49.9. The zero-order valence-electron chi connectivity index (χ0n) is 36.1. The van der Waals surface area contributed by atoms with E-state index in [1.165, 1.54) is 29.2 Å². The molecule has 1 saturated carbocycles. The highest BCUT2D eigenvalue weighted by atomic mass is 79.9. The largest absolute Gasteiger partial charge is 0.444 e. The topological polar surface area (TPSA) is 218 Å². The number of benzene rings is 2. The van der Waals surface area contributed by atoms with Crippen LogP contribution in [-0.4, -0.2) is 114 Å². The predicted octanol–water partition coefficient (Wildman–Crippen LogP) is 8.76. The number of aromatic amines is 1. The lowest BCUT2D eigenvalue weighted by atomic mass is 9.76. The number of H-pyrrole nitrogens is 1. The minimum absolute atomic E-state index is 0.0118. The molecule has 5 amide bonds. The van der Waals surface area contributed by atoms with Gasteiger partial charge in [-0.15, -0.1) is 0 Å². The number of rotatable bonds is 9. The fraction of sp³-hybridized carbons (Fsp3) is 0.439. The summed E-state index contributed by atoms with van der Waals surface area (Å²) in [7, 11) is -2.78. The molecule has 0 unspecified atom stereocenters. The highest BCUT2D eigenvalue weighted by Gasteiger charge is 2.79. The number of hydrogen-bond acceptors (Lipinski definition) is 13. The number of aliphatic imine (C=N–C) groups is 2. The van der Waals surface area contributed by atoms with Crippen molar-refractivity contribution in [2.45, 2.75) is 79.6 Å². The van der Waals surface area contributed by atoms with E-state index < -0.39 is 89.2 Å². The number of hydrogen-bond donors (Lipinski definition) is 2. The molecule has 1 aliphatic carbocycles. The van der Waals surface area contributed by atoms with Gasteiger partial charge < -0.3 is 23.8 Å². The van der Waals surface area contributed by atoms with Crippen molar-refractivity contribution in [3.05, 3.63) is 96.7 Å². The van der Waals surface area contributed by atoms with Crippen LogP contribution in [0.5, 0.6) is 0 Å². The summed E-state index contributed by atoms with van der Waals surface area (Å²) >= 11 is 25.5. The van der Waals surface area contributed by atoms with E-state index in [9.17, 15) is 19.7 Å². The van der Waals surface area contributed by atoms with Crippen molar-refractivity contribution in [2.75, 3.05) is 19.4 Å². The summed E-state index contributed by atoms with van der Waals surface area (Å²) in [6.07, 6.45) is -1.82. The Hall–Kier alpha value is -4.03. The predicted molar refractivity (Wildman–Crippen MR) is 257 cm³/mol.